The molecule has 5 N–H and O–H groups in total. The van der Waals surface area contributed by atoms with E-state index in [1.54, 1.807) is 59.4 Å². The molecule has 4 aliphatic rings. The third-order valence-electron chi connectivity index (χ3n) is 15.5. The van der Waals surface area contributed by atoms with E-state index in [-0.39, 0.29) is 37.2 Å². The molecule has 0 amide bonds. The van der Waals surface area contributed by atoms with E-state index >= 15 is 0 Å². The predicted octanol–water partition coefficient (Wildman–Crippen LogP) is 5.24. The van der Waals surface area contributed by atoms with Crippen LogP contribution in [0.2, 0.25) is 0 Å². The van der Waals surface area contributed by atoms with Crippen molar-refractivity contribution in [1.29, 1.82) is 0 Å². The molecule has 0 aliphatic carbocycles. The zero-order valence-corrected chi connectivity index (χ0v) is 44.0. The van der Waals surface area contributed by atoms with Crippen molar-refractivity contribution in [3.63, 3.8) is 0 Å². The molecule has 4 unspecified atom stereocenters. The maximum absolute atomic E-state index is 14.4. The third-order valence-corrected chi connectivity index (χ3v) is 15.5. The summed E-state index contributed by atoms with van der Waals surface area (Å²) in [6.07, 6.45) is -3.23. The number of hydrogen-bond acceptors (Lipinski definition) is 16. The number of anilines is 1. The Bertz CT molecular complexity index is 2020. The Labute approximate surface area is 416 Å². The normalized spacial score (nSPS) is 41.3. The van der Waals surface area contributed by atoms with Crippen LogP contribution >= 0.6 is 0 Å². The van der Waals surface area contributed by atoms with Gasteiger partial charge in [-0.15, -0.1) is 0 Å². The third kappa shape index (κ3) is 13.1. The summed E-state index contributed by atoms with van der Waals surface area (Å²) >= 11 is 0. The molecule has 16 heteroatoms. The zero-order chi connectivity index (χ0) is 52.0. The molecule has 0 aromatic heterocycles. The number of ketones is 1. The molecule has 3 fully saturated rings. The van der Waals surface area contributed by atoms with Crippen molar-refractivity contribution in [3.05, 3.63) is 53.8 Å². The van der Waals surface area contributed by atoms with Gasteiger partial charge in [0, 0.05) is 68.3 Å². The van der Waals surface area contributed by atoms with Gasteiger partial charge in [0.1, 0.15) is 35.9 Å². The molecule has 19 atom stereocenters. The monoisotopic (exact) mass is 985 g/mol. The van der Waals surface area contributed by atoms with Crippen LogP contribution in [-0.2, 0) is 42.7 Å². The van der Waals surface area contributed by atoms with Crippen molar-refractivity contribution >= 4 is 17.4 Å². The van der Waals surface area contributed by atoms with E-state index in [0.717, 1.165) is 23.2 Å². The van der Waals surface area contributed by atoms with Gasteiger partial charge in [-0.05, 0) is 124 Å². The molecule has 0 spiro atoms. The van der Waals surface area contributed by atoms with E-state index in [2.05, 4.69) is 16.7 Å². The highest BCUT2D eigenvalue weighted by atomic mass is 16.7. The number of rotatable bonds is 12. The number of Topliss-reactive ketones (excluding diaryl/α,β-unsaturated/α-hetero) is 1. The van der Waals surface area contributed by atoms with Gasteiger partial charge >= 0.3 is 5.97 Å². The first-order valence-electron chi connectivity index (χ1n) is 25.2. The fourth-order valence-corrected chi connectivity index (χ4v) is 10.9. The number of hydrogen-bond donors (Lipinski definition) is 5. The molecular formula is C54H84N2O14. The van der Waals surface area contributed by atoms with Gasteiger partial charge in [0.15, 0.2) is 12.6 Å². The number of benzene rings is 1. The number of likely N-dealkylation sites (N-methyl/N-ethyl adjacent to an activating group) is 1. The second kappa shape index (κ2) is 24.2. The van der Waals surface area contributed by atoms with E-state index in [4.69, 9.17) is 33.2 Å². The number of methoxy groups -OCH3 is 2. The number of esters is 1. The molecule has 4 heterocycles. The maximum atomic E-state index is 14.4. The minimum atomic E-state index is -2.00. The summed E-state index contributed by atoms with van der Waals surface area (Å²) in [5.41, 5.74) is -1.60. The fraction of sp³-hybridized carbons (Fsp3) is 0.741. The van der Waals surface area contributed by atoms with Gasteiger partial charge in [0.05, 0.1) is 47.6 Å². The number of carbonyl (C=O) groups is 2. The number of unbranched alkanes of at least 4 members (excludes halogenated alkanes) is 1. The van der Waals surface area contributed by atoms with Crippen LogP contribution in [-0.4, -0.2) is 160 Å². The summed E-state index contributed by atoms with van der Waals surface area (Å²) in [4.78, 5) is 32.6. The number of aliphatic hydroxyl groups excluding tert-OH is 4. The molecule has 5 rings (SSSR count). The van der Waals surface area contributed by atoms with Crippen LogP contribution in [0, 0.1) is 35.5 Å². The minimum absolute atomic E-state index is 0.0767. The number of nitrogens with zero attached hydrogens (tertiary/aromatic N) is 2. The average molecular weight is 985 g/mol. The summed E-state index contributed by atoms with van der Waals surface area (Å²) in [5.74, 6) is 1.84. The predicted molar refractivity (Wildman–Crippen MR) is 264 cm³/mol. The minimum Gasteiger partial charge on any atom is -0.459 e. The molecule has 1 aromatic carbocycles. The lowest BCUT2D eigenvalue weighted by atomic mass is 9.74. The van der Waals surface area contributed by atoms with Gasteiger partial charge in [-0.2, -0.15) is 0 Å². The Morgan fingerprint density at radius 2 is 1.54 bits per heavy atom. The van der Waals surface area contributed by atoms with Gasteiger partial charge in [-0.25, -0.2) is 0 Å². The van der Waals surface area contributed by atoms with Gasteiger partial charge in [0.25, 0.3) is 0 Å². The molecular weight excluding hydrogens is 901 g/mol. The first-order valence-corrected chi connectivity index (χ1v) is 25.2. The van der Waals surface area contributed by atoms with Gasteiger partial charge in [0.2, 0.25) is 0 Å². The summed E-state index contributed by atoms with van der Waals surface area (Å²) in [6.45, 7) is 19.7. The second-order valence-corrected chi connectivity index (χ2v) is 21.2. The van der Waals surface area contributed by atoms with E-state index in [1.165, 1.54) is 21.1 Å². The molecule has 0 radical (unpaired) electrons. The van der Waals surface area contributed by atoms with Gasteiger partial charge < -0.3 is 68.5 Å². The lowest BCUT2D eigenvalue weighted by Gasteiger charge is -2.50. The number of cyclic esters (lactones) is 1. The first kappa shape index (κ1) is 57.6. The summed E-state index contributed by atoms with van der Waals surface area (Å²) in [6, 6.07) is 7.37. The molecule has 3 saturated heterocycles. The van der Waals surface area contributed by atoms with Crippen molar-refractivity contribution < 1.29 is 68.3 Å². The van der Waals surface area contributed by atoms with E-state index < -0.39 is 108 Å². The van der Waals surface area contributed by atoms with E-state index in [9.17, 15) is 35.1 Å². The number of allylic oxidation sites excluding steroid dienone is 2. The Morgan fingerprint density at radius 1 is 0.886 bits per heavy atom. The number of aliphatic hydroxyl groups is 5. The highest BCUT2D eigenvalue weighted by molar-refractivity contribution is 5.83. The van der Waals surface area contributed by atoms with E-state index in [1.807, 2.05) is 64.4 Å². The van der Waals surface area contributed by atoms with Crippen molar-refractivity contribution in [2.75, 3.05) is 32.7 Å². The van der Waals surface area contributed by atoms with Gasteiger partial charge in [-0.1, -0.05) is 45.6 Å². The Hall–Kier alpha value is -3.28. The number of carbonyl (C=O) groups excluding carboxylic acids is 2. The Morgan fingerprint density at radius 3 is 2.17 bits per heavy atom. The van der Waals surface area contributed by atoms with Crippen LogP contribution in [0.3, 0.4) is 0 Å². The molecule has 1 aromatic rings. The molecule has 0 bridgehead atoms. The maximum Gasteiger partial charge on any atom is 0.311 e. The molecule has 70 heavy (non-hydrogen) atoms. The van der Waals surface area contributed by atoms with Crippen molar-refractivity contribution in [2.24, 2.45) is 23.7 Å². The lowest BCUT2D eigenvalue weighted by molar-refractivity contribution is -0.319. The standard InChI is InChI=1S/C54H84N2O14/c1-15-41-54(11,63)47(60)34(5)44(58)32(3)28-53(10,65-14)49(35(6)46(36(7)50(62)68-41)69-43-29-52(9,64-13)48(61)37(8)67-43)70-51-45(59)40(27-33(4)66-51)55(12)26-18-16-17-19-38-21-23-39(24-22-38)56-30-31(2)20-25-42(56)57/h20-25,30,32-37,40-43,45-49,51,57,59-61,63H,15-16,18,26-29H2,1-14H3/t32-,33-,34+,35+,36-,37+,40+,41?,42?,43?,45-,46-,47-,48+,49-,51?,52-,53+,54-/m1/s1. The van der Waals surface area contributed by atoms with Crippen molar-refractivity contribution in [2.45, 2.75) is 205 Å². The number of ether oxygens (including phenoxy) is 7. The Balaban J connectivity index is 1.42. The summed E-state index contributed by atoms with van der Waals surface area (Å²) < 4.78 is 44.7. The molecule has 0 saturated carbocycles. The Kier molecular flexibility index (Phi) is 19.9. The van der Waals surface area contributed by atoms with Crippen molar-refractivity contribution in [1.82, 2.24) is 4.90 Å². The summed E-state index contributed by atoms with van der Waals surface area (Å²) in [5, 5.41) is 57.1. The highest BCUT2D eigenvalue weighted by Gasteiger charge is 2.54. The van der Waals surface area contributed by atoms with E-state index in [0.29, 0.717) is 19.4 Å². The average Bonchev–Trinajstić information content (AvgIpc) is 3.33. The van der Waals surface area contributed by atoms with Crippen molar-refractivity contribution in [3.8, 4) is 11.8 Å². The van der Waals surface area contributed by atoms with Crippen LogP contribution in [0.4, 0.5) is 5.69 Å². The summed E-state index contributed by atoms with van der Waals surface area (Å²) in [7, 11) is 4.97. The SMILES string of the molecule is CCC1OC(=O)[C@H](C)[C@H](OC2C[C@@](C)(OC)[C@@H](O)[C@H](C)O2)[C@H](C)[C@@H](OC2O[C@H](C)C[C@H](N(C)CCCC#Cc3ccc(N4C=C(C)C=CC4O)cc3)[C@H]2O)[C@@](C)(OC)C[C@@H](C)C(=O)[C@H](C)[C@@H](O)[C@]1(C)O. The second-order valence-electron chi connectivity index (χ2n) is 21.2. The van der Waals surface area contributed by atoms with Crippen LogP contribution < -0.4 is 4.90 Å². The largest absolute Gasteiger partial charge is 0.459 e. The van der Waals surface area contributed by atoms with Gasteiger partial charge in [-0.3, -0.25) is 9.59 Å². The topological polar surface area (TPSA) is 206 Å². The fourth-order valence-electron chi connectivity index (χ4n) is 10.9. The van der Waals surface area contributed by atoms with Crippen LogP contribution in [0.15, 0.2) is 48.2 Å². The van der Waals surface area contributed by atoms with Crippen LogP contribution in [0.5, 0.6) is 0 Å². The quantitative estimate of drug-likeness (QED) is 0.103. The zero-order valence-electron chi connectivity index (χ0n) is 44.0. The van der Waals surface area contributed by atoms with Crippen LogP contribution in [0.1, 0.15) is 120 Å². The van der Waals surface area contributed by atoms with Crippen LogP contribution in [0.25, 0.3) is 0 Å². The first-order chi connectivity index (χ1) is 32.8. The highest BCUT2D eigenvalue weighted by Crippen LogP contribution is 2.42. The molecule has 4 aliphatic heterocycles. The molecule has 16 nitrogen and oxygen atoms in total. The smallest absolute Gasteiger partial charge is 0.311 e. The molecule has 394 valence electrons. The lowest BCUT2D eigenvalue weighted by Crippen LogP contribution is -2.61.